The number of aryl methyl sites for hydroxylation is 1. The van der Waals surface area contributed by atoms with Crippen molar-refractivity contribution in [2.24, 2.45) is 5.16 Å². The summed E-state index contributed by atoms with van der Waals surface area (Å²) in [5, 5.41) is 15.4. The first kappa shape index (κ1) is 22.6. The van der Waals surface area contributed by atoms with Crippen LogP contribution in [-0.2, 0) is 6.42 Å². The maximum absolute atomic E-state index is 13.1. The third kappa shape index (κ3) is 4.31. The van der Waals surface area contributed by atoms with E-state index in [9.17, 15) is 10.0 Å². The third-order valence-electron chi connectivity index (χ3n) is 6.91. The molecule has 0 spiro atoms. The number of thiophene rings is 1. The summed E-state index contributed by atoms with van der Waals surface area (Å²) < 4.78 is 6.02. The molecule has 3 heterocycles. The predicted octanol–water partition coefficient (Wildman–Crippen LogP) is 5.13. The molecule has 1 amide bonds. The summed E-state index contributed by atoms with van der Waals surface area (Å²) in [6, 6.07) is 10.2. The molecule has 176 valence electrons. The summed E-state index contributed by atoms with van der Waals surface area (Å²) in [6.07, 6.45) is 6.65. The number of benzene rings is 1. The molecule has 2 aliphatic rings. The van der Waals surface area contributed by atoms with E-state index in [0.29, 0.717) is 10.8 Å². The van der Waals surface area contributed by atoms with Gasteiger partial charge in [0.1, 0.15) is 0 Å². The quantitative estimate of drug-likeness (QED) is 0.417. The van der Waals surface area contributed by atoms with Gasteiger partial charge in [0.2, 0.25) is 0 Å². The molecule has 1 saturated heterocycles. The van der Waals surface area contributed by atoms with Gasteiger partial charge in [-0.1, -0.05) is 23.4 Å². The lowest BCUT2D eigenvalue weighted by Gasteiger charge is -2.34. The van der Waals surface area contributed by atoms with Crippen molar-refractivity contribution in [1.82, 2.24) is 14.8 Å². The van der Waals surface area contributed by atoms with Crippen LogP contribution in [0.1, 0.15) is 30.4 Å². The van der Waals surface area contributed by atoms with E-state index in [4.69, 9.17) is 4.74 Å². The van der Waals surface area contributed by atoms with Gasteiger partial charge in [-0.05, 0) is 74.6 Å². The van der Waals surface area contributed by atoms with Gasteiger partial charge in [-0.2, -0.15) is 0 Å². The number of piperidine rings is 1. The van der Waals surface area contributed by atoms with Crippen molar-refractivity contribution in [2.45, 2.75) is 31.7 Å². The Morgan fingerprint density at radius 3 is 2.65 bits per heavy atom. The fourth-order valence-corrected chi connectivity index (χ4v) is 5.79. The standard InChI is InChI=1S/C26H28N4O3S/c1-29-13-9-20(10-14-29)30(2)26(31)33-25-24(22(16-34-25)17-7-11-27-12-8-17)19-3-5-21-18(15-19)4-6-23(21)28-32/h3,5,7-8,11-12,15-16,20,32H,4,6,9-10,13-14H2,1-2H3. The second kappa shape index (κ2) is 9.56. The Hall–Kier alpha value is -3.23. The highest BCUT2D eigenvalue weighted by molar-refractivity contribution is 7.13. The lowest BCUT2D eigenvalue weighted by Crippen LogP contribution is -2.45. The van der Waals surface area contributed by atoms with Gasteiger partial charge in [0.05, 0.1) is 5.71 Å². The average Bonchev–Trinajstić information content (AvgIpc) is 3.48. The number of amides is 1. The van der Waals surface area contributed by atoms with Gasteiger partial charge in [-0.25, -0.2) is 4.79 Å². The van der Waals surface area contributed by atoms with E-state index in [0.717, 1.165) is 72.2 Å². The monoisotopic (exact) mass is 476 g/mol. The van der Waals surface area contributed by atoms with Crippen molar-refractivity contribution in [3.05, 3.63) is 59.2 Å². The molecular formula is C26H28N4O3S. The number of pyridine rings is 1. The number of nitrogens with zero attached hydrogens (tertiary/aromatic N) is 4. The number of ether oxygens (including phenoxy) is 1. The average molecular weight is 477 g/mol. The molecule has 3 aromatic rings. The van der Waals surface area contributed by atoms with Crippen LogP contribution in [0, 0.1) is 0 Å². The molecule has 1 aromatic carbocycles. The Labute approximate surface area is 203 Å². The van der Waals surface area contributed by atoms with Crippen LogP contribution in [0.2, 0.25) is 0 Å². The highest BCUT2D eigenvalue weighted by Crippen LogP contribution is 2.45. The van der Waals surface area contributed by atoms with E-state index >= 15 is 0 Å². The van der Waals surface area contributed by atoms with E-state index in [1.807, 2.05) is 36.7 Å². The van der Waals surface area contributed by atoms with Gasteiger partial charge in [-0.3, -0.25) is 4.98 Å². The summed E-state index contributed by atoms with van der Waals surface area (Å²) in [5.41, 5.74) is 6.74. The number of hydrogen-bond acceptors (Lipinski definition) is 7. The number of likely N-dealkylation sites (tertiary alicyclic amines) is 1. The molecular weight excluding hydrogens is 448 g/mol. The molecule has 0 radical (unpaired) electrons. The highest BCUT2D eigenvalue weighted by Gasteiger charge is 2.28. The van der Waals surface area contributed by atoms with E-state index in [1.165, 1.54) is 11.3 Å². The summed E-state index contributed by atoms with van der Waals surface area (Å²) >= 11 is 1.43. The van der Waals surface area contributed by atoms with Crippen molar-refractivity contribution >= 4 is 23.1 Å². The number of fused-ring (bicyclic) bond motifs is 1. The first-order chi connectivity index (χ1) is 16.5. The molecule has 2 aromatic heterocycles. The Morgan fingerprint density at radius 2 is 1.91 bits per heavy atom. The molecule has 0 saturated carbocycles. The van der Waals surface area contributed by atoms with Crippen LogP contribution in [0.4, 0.5) is 4.79 Å². The summed E-state index contributed by atoms with van der Waals surface area (Å²) in [4.78, 5) is 21.3. The summed E-state index contributed by atoms with van der Waals surface area (Å²) in [7, 11) is 3.94. The largest absolute Gasteiger partial charge is 0.416 e. The minimum absolute atomic E-state index is 0.183. The van der Waals surface area contributed by atoms with Gasteiger partial charge in [-0.15, -0.1) is 11.3 Å². The summed E-state index contributed by atoms with van der Waals surface area (Å²) in [5.74, 6) is 0. The summed E-state index contributed by atoms with van der Waals surface area (Å²) in [6.45, 7) is 1.96. The Kier molecular flexibility index (Phi) is 6.34. The van der Waals surface area contributed by atoms with E-state index < -0.39 is 0 Å². The molecule has 7 nitrogen and oxygen atoms in total. The normalized spacial score (nSPS) is 17.6. The van der Waals surface area contributed by atoms with Crippen LogP contribution in [-0.4, -0.2) is 65.0 Å². The van der Waals surface area contributed by atoms with Crippen molar-refractivity contribution < 1.29 is 14.7 Å². The second-order valence-corrected chi connectivity index (χ2v) is 9.82. The van der Waals surface area contributed by atoms with Crippen molar-refractivity contribution in [3.63, 3.8) is 0 Å². The Balaban J connectivity index is 1.49. The molecule has 34 heavy (non-hydrogen) atoms. The molecule has 5 rings (SSSR count). The van der Waals surface area contributed by atoms with Crippen LogP contribution < -0.4 is 4.74 Å². The number of hydrogen-bond donors (Lipinski definition) is 1. The van der Waals surface area contributed by atoms with Crippen LogP contribution in [0.5, 0.6) is 5.06 Å². The SMILES string of the molecule is CN1CCC(N(C)C(=O)Oc2scc(-c3ccncc3)c2-c2ccc3c(c2)CCC3=NO)CC1. The molecule has 1 aliphatic carbocycles. The smallest absolute Gasteiger partial charge is 0.411 e. The molecule has 0 atom stereocenters. The van der Waals surface area contributed by atoms with Crippen molar-refractivity contribution in [3.8, 4) is 27.3 Å². The minimum atomic E-state index is -0.324. The maximum atomic E-state index is 13.1. The second-order valence-electron chi connectivity index (χ2n) is 8.98. The molecule has 1 N–H and O–H groups in total. The topological polar surface area (TPSA) is 78.3 Å². The number of carbonyl (C=O) groups is 1. The molecule has 0 unspecified atom stereocenters. The van der Waals surface area contributed by atoms with Gasteiger partial charge in [0.15, 0.2) is 5.06 Å². The number of rotatable bonds is 4. The van der Waals surface area contributed by atoms with Crippen LogP contribution in [0.15, 0.2) is 53.3 Å². The number of oxime groups is 1. The lowest BCUT2D eigenvalue weighted by atomic mass is 9.96. The fraction of sp³-hybridized carbons (Fsp3) is 0.346. The van der Waals surface area contributed by atoms with Crippen LogP contribution in [0.25, 0.3) is 22.3 Å². The Morgan fingerprint density at radius 1 is 1.15 bits per heavy atom. The van der Waals surface area contributed by atoms with Gasteiger partial charge in [0.25, 0.3) is 0 Å². The zero-order valence-corrected chi connectivity index (χ0v) is 20.2. The molecule has 8 heteroatoms. The zero-order valence-electron chi connectivity index (χ0n) is 19.4. The molecule has 0 bridgehead atoms. The number of carbonyl (C=O) groups excluding carboxylic acids is 1. The van der Waals surface area contributed by atoms with Crippen LogP contribution >= 0.6 is 11.3 Å². The predicted molar refractivity (Wildman–Crippen MR) is 134 cm³/mol. The lowest BCUT2D eigenvalue weighted by molar-refractivity contribution is 0.118. The Bertz CT molecular complexity index is 1220. The van der Waals surface area contributed by atoms with Gasteiger partial charge >= 0.3 is 6.09 Å². The van der Waals surface area contributed by atoms with Gasteiger partial charge in [0, 0.05) is 47.6 Å². The number of aromatic nitrogens is 1. The first-order valence-corrected chi connectivity index (χ1v) is 12.4. The zero-order chi connectivity index (χ0) is 23.7. The first-order valence-electron chi connectivity index (χ1n) is 11.5. The fourth-order valence-electron chi connectivity index (χ4n) is 4.84. The highest BCUT2D eigenvalue weighted by atomic mass is 32.1. The van der Waals surface area contributed by atoms with E-state index in [-0.39, 0.29) is 12.1 Å². The van der Waals surface area contributed by atoms with Crippen LogP contribution in [0.3, 0.4) is 0 Å². The maximum Gasteiger partial charge on any atom is 0.416 e. The van der Waals surface area contributed by atoms with Crippen molar-refractivity contribution in [1.29, 1.82) is 0 Å². The minimum Gasteiger partial charge on any atom is -0.411 e. The molecule has 1 aliphatic heterocycles. The van der Waals surface area contributed by atoms with E-state index in [1.54, 1.807) is 17.3 Å². The van der Waals surface area contributed by atoms with E-state index in [2.05, 4.69) is 28.2 Å². The van der Waals surface area contributed by atoms with Gasteiger partial charge < -0.3 is 19.7 Å². The van der Waals surface area contributed by atoms with Crippen molar-refractivity contribution in [2.75, 3.05) is 27.2 Å². The third-order valence-corrected chi connectivity index (χ3v) is 7.76. The molecule has 1 fully saturated rings.